The molecule has 2 fully saturated rings. The summed E-state index contributed by atoms with van der Waals surface area (Å²) < 4.78 is 0. The van der Waals surface area contributed by atoms with Crippen molar-refractivity contribution < 1.29 is 14.4 Å². The molecule has 33 heavy (non-hydrogen) atoms. The molecule has 4 rings (SSSR count). The van der Waals surface area contributed by atoms with Crippen LogP contribution < -0.4 is 10.6 Å². The Hall–Kier alpha value is -2.89. The van der Waals surface area contributed by atoms with E-state index in [1.165, 1.54) is 12.8 Å². The van der Waals surface area contributed by atoms with E-state index in [0.29, 0.717) is 19.0 Å². The van der Waals surface area contributed by atoms with E-state index >= 15 is 0 Å². The van der Waals surface area contributed by atoms with Gasteiger partial charge in [0.25, 0.3) is 0 Å². The quantitative estimate of drug-likeness (QED) is 0.649. The lowest BCUT2D eigenvalue weighted by Crippen LogP contribution is -2.55. The number of nitrogens with zero attached hydrogens (tertiary/aromatic N) is 1. The molecule has 1 aliphatic heterocycles. The minimum atomic E-state index is -0.591. The number of hydrogen-bond acceptors (Lipinski definition) is 3. The van der Waals surface area contributed by atoms with Crippen molar-refractivity contribution in [1.82, 2.24) is 15.5 Å². The Labute approximate surface area is 196 Å². The van der Waals surface area contributed by atoms with Crippen molar-refractivity contribution in [1.29, 1.82) is 0 Å². The van der Waals surface area contributed by atoms with E-state index in [4.69, 9.17) is 0 Å². The Morgan fingerprint density at radius 3 is 2.52 bits per heavy atom. The summed E-state index contributed by atoms with van der Waals surface area (Å²) >= 11 is 0. The molecule has 3 amide bonds. The van der Waals surface area contributed by atoms with Crippen LogP contribution in [-0.4, -0.2) is 48.3 Å². The van der Waals surface area contributed by atoms with Crippen LogP contribution in [0.4, 0.5) is 0 Å². The third kappa shape index (κ3) is 6.12. The van der Waals surface area contributed by atoms with Crippen LogP contribution in [0.3, 0.4) is 0 Å². The molecule has 0 spiro atoms. The second-order valence-electron chi connectivity index (χ2n) is 9.96. The molecule has 6 nitrogen and oxygen atoms in total. The Balaban J connectivity index is 1.35. The molecule has 2 aromatic rings. The molecule has 1 saturated heterocycles. The topological polar surface area (TPSA) is 78.5 Å². The molecule has 1 heterocycles. The summed E-state index contributed by atoms with van der Waals surface area (Å²) in [6.45, 7) is 5.71. The standard InChI is InChI=1S/C27H35N3O3/c1-18(2)25(29-24(31)15-20-11-12-21-6-3-4-7-22(21)14-20)27(33)30-13-5-8-23(17-30)26(32)28-16-19-9-10-19/h3-4,6-7,11-12,14,18-19,23,25H,5,8-10,13,15-17H2,1-2H3,(H,28,32)(H,29,31)/t23-,25+/m1/s1. The van der Waals surface area contributed by atoms with E-state index < -0.39 is 6.04 Å². The number of piperidine rings is 1. The zero-order valence-corrected chi connectivity index (χ0v) is 19.7. The Morgan fingerprint density at radius 1 is 1.03 bits per heavy atom. The first-order chi connectivity index (χ1) is 15.9. The van der Waals surface area contributed by atoms with E-state index in [9.17, 15) is 14.4 Å². The van der Waals surface area contributed by atoms with Crippen LogP contribution in [0.2, 0.25) is 0 Å². The lowest BCUT2D eigenvalue weighted by molar-refractivity contribution is -0.140. The van der Waals surface area contributed by atoms with E-state index in [1.807, 2.05) is 56.3 Å². The van der Waals surface area contributed by atoms with Gasteiger partial charge in [-0.15, -0.1) is 0 Å². The molecule has 2 N–H and O–H groups in total. The maximum atomic E-state index is 13.3. The number of nitrogens with one attached hydrogen (secondary N) is 2. The maximum absolute atomic E-state index is 13.3. The van der Waals surface area contributed by atoms with Crippen LogP contribution in [0.15, 0.2) is 42.5 Å². The fraction of sp³-hybridized carbons (Fsp3) is 0.519. The molecule has 176 valence electrons. The van der Waals surface area contributed by atoms with E-state index in [-0.39, 0.29) is 36.0 Å². The largest absolute Gasteiger partial charge is 0.356 e. The average molecular weight is 450 g/mol. The molecule has 6 heteroatoms. The summed E-state index contributed by atoms with van der Waals surface area (Å²) in [6.07, 6.45) is 4.24. The van der Waals surface area contributed by atoms with E-state index in [0.717, 1.165) is 35.7 Å². The number of rotatable bonds is 8. The summed E-state index contributed by atoms with van der Waals surface area (Å²) in [6, 6.07) is 13.5. The predicted octanol–water partition coefficient (Wildman–Crippen LogP) is 3.29. The normalized spacial score (nSPS) is 19.4. The number of carbonyl (C=O) groups excluding carboxylic acids is 3. The van der Waals surface area contributed by atoms with Crippen molar-refractivity contribution in [2.45, 2.75) is 52.0 Å². The average Bonchev–Trinajstić information content (AvgIpc) is 3.65. The number of amides is 3. The first kappa shape index (κ1) is 23.3. The van der Waals surface area contributed by atoms with Crippen LogP contribution in [0.5, 0.6) is 0 Å². The lowest BCUT2D eigenvalue weighted by atomic mass is 9.94. The highest BCUT2D eigenvalue weighted by atomic mass is 16.2. The van der Waals surface area contributed by atoms with Gasteiger partial charge in [0, 0.05) is 19.6 Å². The smallest absolute Gasteiger partial charge is 0.245 e. The Kier molecular flexibility index (Phi) is 7.31. The van der Waals surface area contributed by atoms with Crippen molar-refractivity contribution in [3.8, 4) is 0 Å². The van der Waals surface area contributed by atoms with Gasteiger partial charge in [-0.05, 0) is 53.9 Å². The second-order valence-corrected chi connectivity index (χ2v) is 9.96. The fourth-order valence-corrected chi connectivity index (χ4v) is 4.57. The van der Waals surface area contributed by atoms with Gasteiger partial charge in [-0.2, -0.15) is 0 Å². The highest BCUT2D eigenvalue weighted by Gasteiger charge is 2.34. The number of benzene rings is 2. The zero-order valence-electron chi connectivity index (χ0n) is 19.7. The van der Waals surface area contributed by atoms with Crippen LogP contribution in [-0.2, 0) is 20.8 Å². The summed E-state index contributed by atoms with van der Waals surface area (Å²) in [7, 11) is 0. The molecule has 2 atom stereocenters. The summed E-state index contributed by atoms with van der Waals surface area (Å²) in [5.74, 6) is 0.244. The van der Waals surface area contributed by atoms with Crippen molar-refractivity contribution in [2.24, 2.45) is 17.8 Å². The van der Waals surface area contributed by atoms with Crippen molar-refractivity contribution in [3.63, 3.8) is 0 Å². The van der Waals surface area contributed by atoms with Crippen molar-refractivity contribution in [2.75, 3.05) is 19.6 Å². The van der Waals surface area contributed by atoms with Crippen LogP contribution in [0, 0.1) is 17.8 Å². The molecule has 2 aromatic carbocycles. The van der Waals surface area contributed by atoms with Crippen molar-refractivity contribution in [3.05, 3.63) is 48.0 Å². The van der Waals surface area contributed by atoms with Gasteiger partial charge in [-0.3, -0.25) is 14.4 Å². The molecule has 0 aromatic heterocycles. The van der Waals surface area contributed by atoms with Gasteiger partial charge in [0.15, 0.2) is 0 Å². The third-order valence-corrected chi connectivity index (χ3v) is 6.79. The number of hydrogen-bond donors (Lipinski definition) is 2. The molecule has 0 unspecified atom stereocenters. The SMILES string of the molecule is CC(C)[C@H](NC(=O)Cc1ccc2ccccc2c1)C(=O)N1CCC[C@@H](C(=O)NCC2CC2)C1. The van der Waals surface area contributed by atoms with Crippen LogP contribution in [0.1, 0.15) is 45.1 Å². The Morgan fingerprint density at radius 2 is 1.79 bits per heavy atom. The van der Waals surface area contributed by atoms with Gasteiger partial charge in [-0.25, -0.2) is 0 Å². The summed E-state index contributed by atoms with van der Waals surface area (Å²) in [5.41, 5.74) is 0.923. The summed E-state index contributed by atoms with van der Waals surface area (Å²) in [5, 5.41) is 8.26. The fourth-order valence-electron chi connectivity index (χ4n) is 4.57. The summed E-state index contributed by atoms with van der Waals surface area (Å²) in [4.78, 5) is 40.5. The maximum Gasteiger partial charge on any atom is 0.245 e. The molecular weight excluding hydrogens is 414 g/mol. The highest BCUT2D eigenvalue weighted by Crippen LogP contribution is 2.28. The van der Waals surface area contributed by atoms with Crippen molar-refractivity contribution >= 4 is 28.5 Å². The number of carbonyl (C=O) groups is 3. The molecule has 1 aliphatic carbocycles. The molecule has 0 radical (unpaired) electrons. The van der Waals surface area contributed by atoms with Gasteiger partial charge >= 0.3 is 0 Å². The minimum absolute atomic E-state index is 0.0397. The van der Waals surface area contributed by atoms with E-state index in [2.05, 4.69) is 10.6 Å². The third-order valence-electron chi connectivity index (χ3n) is 6.79. The van der Waals surface area contributed by atoms with Crippen LogP contribution >= 0.6 is 0 Å². The lowest BCUT2D eigenvalue weighted by Gasteiger charge is -2.35. The second kappa shape index (κ2) is 10.4. The van der Waals surface area contributed by atoms with E-state index in [1.54, 1.807) is 4.90 Å². The number of likely N-dealkylation sites (tertiary alicyclic amines) is 1. The molecule has 1 saturated carbocycles. The van der Waals surface area contributed by atoms with Gasteiger partial charge in [0.05, 0.1) is 12.3 Å². The van der Waals surface area contributed by atoms with Crippen LogP contribution in [0.25, 0.3) is 10.8 Å². The van der Waals surface area contributed by atoms with Gasteiger partial charge in [0.1, 0.15) is 6.04 Å². The first-order valence-corrected chi connectivity index (χ1v) is 12.2. The monoisotopic (exact) mass is 449 g/mol. The Bertz CT molecular complexity index is 1010. The van der Waals surface area contributed by atoms with Gasteiger partial charge < -0.3 is 15.5 Å². The number of fused-ring (bicyclic) bond motifs is 1. The van der Waals surface area contributed by atoms with Gasteiger partial charge in [0.2, 0.25) is 17.7 Å². The first-order valence-electron chi connectivity index (χ1n) is 12.2. The predicted molar refractivity (Wildman–Crippen MR) is 129 cm³/mol. The van der Waals surface area contributed by atoms with Gasteiger partial charge in [-0.1, -0.05) is 56.3 Å². The molecule has 2 aliphatic rings. The minimum Gasteiger partial charge on any atom is -0.356 e. The molecular formula is C27H35N3O3. The molecule has 0 bridgehead atoms. The zero-order chi connectivity index (χ0) is 23.4. The highest BCUT2D eigenvalue weighted by molar-refractivity contribution is 5.90.